The van der Waals surface area contributed by atoms with Gasteiger partial charge in [0.25, 0.3) is 0 Å². The van der Waals surface area contributed by atoms with Crippen LogP contribution in [0.1, 0.15) is 29.0 Å². The molecule has 4 nitrogen and oxygen atoms in total. The molecular formula is C16H15ClN2O2. The number of nitrogens with one attached hydrogen (secondary N) is 1. The summed E-state index contributed by atoms with van der Waals surface area (Å²) in [5.74, 6) is 0.746. The maximum Gasteiger partial charge on any atom is 0.166 e. The van der Waals surface area contributed by atoms with Crippen molar-refractivity contribution in [2.45, 2.75) is 18.4 Å². The molecule has 0 aliphatic carbocycles. The van der Waals surface area contributed by atoms with Gasteiger partial charge in [0.15, 0.2) is 11.9 Å². The molecule has 0 unspecified atom stereocenters. The Balaban J connectivity index is 1.97. The van der Waals surface area contributed by atoms with Gasteiger partial charge in [0.1, 0.15) is 5.75 Å². The molecule has 21 heavy (non-hydrogen) atoms. The van der Waals surface area contributed by atoms with Crippen molar-refractivity contribution < 1.29 is 9.53 Å². The molecule has 1 spiro atoms. The van der Waals surface area contributed by atoms with E-state index in [1.165, 1.54) is 0 Å². The highest BCUT2D eigenvalue weighted by molar-refractivity contribution is 6.30. The summed E-state index contributed by atoms with van der Waals surface area (Å²) in [5.41, 5.74) is 2.21. The number of rotatable bonds is 1. The number of hydrogen-bond acceptors (Lipinski definition) is 3. The van der Waals surface area contributed by atoms with Crippen LogP contribution in [-0.2, 0) is 5.60 Å². The van der Waals surface area contributed by atoms with Crippen molar-refractivity contribution in [3.05, 3.63) is 46.7 Å². The number of benzene rings is 1. The lowest BCUT2D eigenvalue weighted by atomic mass is 9.87. The van der Waals surface area contributed by atoms with Crippen molar-refractivity contribution in [1.82, 2.24) is 9.88 Å². The normalized spacial score (nSPS) is 18.7. The fourth-order valence-electron chi connectivity index (χ4n) is 3.37. The Kier molecular flexibility index (Phi) is 2.84. The van der Waals surface area contributed by atoms with E-state index >= 15 is 0 Å². The molecule has 1 saturated heterocycles. The van der Waals surface area contributed by atoms with E-state index < -0.39 is 0 Å². The van der Waals surface area contributed by atoms with Gasteiger partial charge in [0.05, 0.1) is 17.1 Å². The number of hydrogen-bond donors (Lipinski definition) is 1. The van der Waals surface area contributed by atoms with Crippen molar-refractivity contribution in [1.29, 1.82) is 0 Å². The first-order chi connectivity index (χ1) is 10.2. The van der Waals surface area contributed by atoms with Crippen LogP contribution in [-0.4, -0.2) is 23.9 Å². The summed E-state index contributed by atoms with van der Waals surface area (Å²) in [6.07, 6.45) is 2.64. The van der Waals surface area contributed by atoms with Gasteiger partial charge in [-0.05, 0) is 37.4 Å². The van der Waals surface area contributed by atoms with Gasteiger partial charge in [-0.25, -0.2) is 0 Å². The molecule has 1 N–H and O–H groups in total. The maximum atomic E-state index is 11.4. The largest absolute Gasteiger partial charge is 0.479 e. The molecule has 0 radical (unpaired) electrons. The van der Waals surface area contributed by atoms with E-state index in [-0.39, 0.29) is 5.60 Å². The second kappa shape index (κ2) is 4.61. The summed E-state index contributed by atoms with van der Waals surface area (Å²) < 4.78 is 8.37. The molecule has 1 aromatic heterocycles. The summed E-state index contributed by atoms with van der Waals surface area (Å²) >= 11 is 6.11. The third-order valence-electron chi connectivity index (χ3n) is 4.38. The Hall–Kier alpha value is -1.78. The molecule has 1 fully saturated rings. The van der Waals surface area contributed by atoms with Gasteiger partial charge >= 0.3 is 0 Å². The number of halogens is 1. The number of carbonyl (C=O) groups excluding carboxylic acids is 1. The molecule has 1 aromatic carbocycles. The zero-order chi connectivity index (χ0) is 14.4. The van der Waals surface area contributed by atoms with Gasteiger partial charge in [0.2, 0.25) is 0 Å². The molecule has 4 rings (SSSR count). The van der Waals surface area contributed by atoms with Crippen molar-refractivity contribution in [3.8, 4) is 11.4 Å². The number of aromatic nitrogens is 1. The van der Waals surface area contributed by atoms with Crippen LogP contribution in [0.25, 0.3) is 5.69 Å². The van der Waals surface area contributed by atoms with Crippen LogP contribution < -0.4 is 10.1 Å². The quantitative estimate of drug-likeness (QED) is 0.824. The average molecular weight is 303 g/mol. The van der Waals surface area contributed by atoms with Crippen LogP contribution in [0, 0.1) is 0 Å². The average Bonchev–Trinajstić information content (AvgIpc) is 2.93. The first-order valence-electron chi connectivity index (χ1n) is 7.11. The lowest BCUT2D eigenvalue weighted by molar-refractivity contribution is 0.0201. The predicted molar refractivity (Wildman–Crippen MR) is 80.6 cm³/mol. The highest BCUT2D eigenvalue weighted by atomic mass is 35.5. The number of carbonyl (C=O) groups is 1. The van der Waals surface area contributed by atoms with Crippen LogP contribution in [0.15, 0.2) is 30.3 Å². The van der Waals surface area contributed by atoms with Crippen LogP contribution >= 0.6 is 11.6 Å². The fraction of sp³-hybridized carbons (Fsp3) is 0.312. The molecule has 0 amide bonds. The molecule has 0 bridgehead atoms. The van der Waals surface area contributed by atoms with E-state index in [1.807, 2.05) is 34.9 Å². The third-order valence-corrected chi connectivity index (χ3v) is 4.61. The molecule has 2 aliphatic heterocycles. The monoisotopic (exact) mass is 302 g/mol. The Morgan fingerprint density at radius 2 is 2.05 bits per heavy atom. The maximum absolute atomic E-state index is 11.4. The first kappa shape index (κ1) is 12.9. The minimum Gasteiger partial charge on any atom is -0.479 e. The van der Waals surface area contributed by atoms with Gasteiger partial charge < -0.3 is 14.6 Å². The Bertz CT molecular complexity index is 717. The number of fused-ring (bicyclic) bond motifs is 4. The zero-order valence-corrected chi connectivity index (χ0v) is 12.2. The number of aldehydes is 1. The van der Waals surface area contributed by atoms with Crippen LogP contribution in [0.5, 0.6) is 5.75 Å². The Labute approximate surface area is 127 Å². The lowest BCUT2D eigenvalue weighted by Gasteiger charge is -2.42. The van der Waals surface area contributed by atoms with Crippen LogP contribution in [0.3, 0.4) is 0 Å². The summed E-state index contributed by atoms with van der Waals surface area (Å²) in [4.78, 5) is 11.4. The van der Waals surface area contributed by atoms with Crippen LogP contribution in [0.2, 0.25) is 5.02 Å². The number of ether oxygens (including phenoxy) is 1. The van der Waals surface area contributed by atoms with Crippen molar-refractivity contribution in [2.24, 2.45) is 0 Å². The van der Waals surface area contributed by atoms with Gasteiger partial charge in [-0.3, -0.25) is 4.79 Å². The van der Waals surface area contributed by atoms with E-state index in [1.54, 1.807) is 0 Å². The van der Waals surface area contributed by atoms with Gasteiger partial charge in [-0.1, -0.05) is 11.6 Å². The highest BCUT2D eigenvalue weighted by Crippen LogP contribution is 2.45. The Morgan fingerprint density at radius 3 is 2.81 bits per heavy atom. The SMILES string of the molecule is O=Cc1ccc2n1-c1ccc(Cl)cc1OC21CCNCC1. The third kappa shape index (κ3) is 1.83. The second-order valence-corrected chi connectivity index (χ2v) is 5.99. The highest BCUT2D eigenvalue weighted by Gasteiger charge is 2.43. The van der Waals surface area contributed by atoms with Gasteiger partial charge in [-0.2, -0.15) is 0 Å². The van der Waals surface area contributed by atoms with E-state index in [9.17, 15) is 4.79 Å². The topological polar surface area (TPSA) is 43.3 Å². The summed E-state index contributed by atoms with van der Waals surface area (Å²) in [6.45, 7) is 1.80. The summed E-state index contributed by atoms with van der Waals surface area (Å²) in [6, 6.07) is 9.43. The van der Waals surface area contributed by atoms with Crippen molar-refractivity contribution in [3.63, 3.8) is 0 Å². The fourth-order valence-corrected chi connectivity index (χ4v) is 3.54. The van der Waals surface area contributed by atoms with E-state index in [2.05, 4.69) is 5.32 Å². The van der Waals surface area contributed by atoms with E-state index in [0.29, 0.717) is 10.7 Å². The molecule has 0 saturated carbocycles. The molecule has 3 heterocycles. The number of nitrogens with zero attached hydrogens (tertiary/aromatic N) is 1. The van der Waals surface area contributed by atoms with Crippen LogP contribution in [0.4, 0.5) is 0 Å². The lowest BCUT2D eigenvalue weighted by Crippen LogP contribution is -2.47. The minimum atomic E-state index is -0.371. The summed E-state index contributed by atoms with van der Waals surface area (Å²) in [5, 5.41) is 4.00. The van der Waals surface area contributed by atoms with Gasteiger partial charge in [-0.15, -0.1) is 0 Å². The minimum absolute atomic E-state index is 0.371. The Morgan fingerprint density at radius 1 is 1.24 bits per heavy atom. The predicted octanol–water partition coefficient (Wildman–Crippen LogP) is 2.91. The smallest absolute Gasteiger partial charge is 0.166 e. The van der Waals surface area contributed by atoms with E-state index in [4.69, 9.17) is 16.3 Å². The number of piperidine rings is 1. The molecule has 2 aromatic rings. The van der Waals surface area contributed by atoms with Crippen molar-refractivity contribution >= 4 is 17.9 Å². The first-order valence-corrected chi connectivity index (χ1v) is 7.48. The molecule has 5 heteroatoms. The second-order valence-electron chi connectivity index (χ2n) is 5.56. The zero-order valence-electron chi connectivity index (χ0n) is 11.4. The molecule has 108 valence electrons. The standard InChI is InChI=1S/C16H15ClN2O2/c17-11-1-3-13-14(9-11)21-16(5-7-18-8-6-16)15-4-2-12(10-20)19(13)15/h1-4,9-10,18H,5-8H2. The summed E-state index contributed by atoms with van der Waals surface area (Å²) in [7, 11) is 0. The molecular weight excluding hydrogens is 288 g/mol. The van der Waals surface area contributed by atoms with Gasteiger partial charge in [0, 0.05) is 23.9 Å². The molecule has 2 aliphatic rings. The van der Waals surface area contributed by atoms with E-state index in [0.717, 1.165) is 49.3 Å². The van der Waals surface area contributed by atoms with Crippen molar-refractivity contribution in [2.75, 3.05) is 13.1 Å². The molecule has 0 atom stereocenters.